The molecular formula is C6H12N4O. The lowest BCUT2D eigenvalue weighted by atomic mass is 10.6. The molecule has 11 heavy (non-hydrogen) atoms. The molecule has 0 aliphatic carbocycles. The number of H-pyrrole nitrogens is 1. The van der Waals surface area contributed by atoms with Gasteiger partial charge in [-0.15, -0.1) is 0 Å². The van der Waals surface area contributed by atoms with Crippen molar-refractivity contribution >= 4 is 11.6 Å². The van der Waals surface area contributed by atoms with Gasteiger partial charge in [-0.2, -0.15) is 0 Å². The molecular weight excluding hydrogens is 144 g/mol. The van der Waals surface area contributed by atoms with Gasteiger partial charge in [0.25, 0.3) is 0 Å². The average Bonchev–Trinajstić information content (AvgIpc) is 2.28. The molecule has 0 radical (unpaired) electrons. The standard InChI is InChI=1S/C6H12N4O/c1-4-8-5(7)6(9-4)10(2)11-3/h7H2,1-3H3,(H,8,9). The predicted molar refractivity (Wildman–Crippen MR) is 43.1 cm³/mol. The summed E-state index contributed by atoms with van der Waals surface area (Å²) in [5.74, 6) is 1.92. The summed E-state index contributed by atoms with van der Waals surface area (Å²) in [6.07, 6.45) is 0. The van der Waals surface area contributed by atoms with Crippen LogP contribution in [-0.2, 0) is 4.84 Å². The van der Waals surface area contributed by atoms with Gasteiger partial charge in [0, 0.05) is 7.05 Å². The first-order valence-corrected chi connectivity index (χ1v) is 3.25. The first-order chi connectivity index (χ1) is 5.15. The fourth-order valence-corrected chi connectivity index (χ4v) is 0.824. The van der Waals surface area contributed by atoms with E-state index in [0.717, 1.165) is 5.82 Å². The number of nitrogens with two attached hydrogens (primary N) is 1. The van der Waals surface area contributed by atoms with E-state index in [4.69, 9.17) is 10.6 Å². The van der Waals surface area contributed by atoms with Crippen molar-refractivity contribution in [3.63, 3.8) is 0 Å². The van der Waals surface area contributed by atoms with Gasteiger partial charge in [0.1, 0.15) is 11.6 Å². The zero-order chi connectivity index (χ0) is 8.43. The van der Waals surface area contributed by atoms with Crippen molar-refractivity contribution in [2.24, 2.45) is 0 Å². The smallest absolute Gasteiger partial charge is 0.195 e. The fourth-order valence-electron chi connectivity index (χ4n) is 0.824. The molecule has 62 valence electrons. The van der Waals surface area contributed by atoms with E-state index < -0.39 is 0 Å². The molecule has 0 aliphatic heterocycles. The summed E-state index contributed by atoms with van der Waals surface area (Å²) in [4.78, 5) is 11.9. The van der Waals surface area contributed by atoms with Crippen LogP contribution in [0.5, 0.6) is 0 Å². The average molecular weight is 156 g/mol. The third kappa shape index (κ3) is 1.43. The zero-order valence-corrected chi connectivity index (χ0v) is 6.88. The summed E-state index contributed by atoms with van der Waals surface area (Å²) < 4.78 is 0. The van der Waals surface area contributed by atoms with Crippen molar-refractivity contribution in [2.75, 3.05) is 25.0 Å². The Bertz CT molecular complexity index is 245. The molecule has 1 rings (SSSR count). The molecule has 5 nitrogen and oxygen atoms in total. The van der Waals surface area contributed by atoms with Crippen LogP contribution in [0, 0.1) is 6.92 Å². The second kappa shape index (κ2) is 2.79. The van der Waals surface area contributed by atoms with Gasteiger partial charge in [-0.3, -0.25) is 4.84 Å². The van der Waals surface area contributed by atoms with E-state index >= 15 is 0 Å². The van der Waals surface area contributed by atoms with E-state index in [1.54, 1.807) is 14.2 Å². The molecule has 1 aromatic rings. The number of aromatic nitrogens is 2. The Labute approximate surface area is 65.1 Å². The number of nitrogen functional groups attached to an aromatic ring is 1. The van der Waals surface area contributed by atoms with Gasteiger partial charge < -0.3 is 10.7 Å². The Morgan fingerprint density at radius 3 is 2.64 bits per heavy atom. The molecule has 1 aromatic heterocycles. The van der Waals surface area contributed by atoms with Crippen LogP contribution in [0.3, 0.4) is 0 Å². The van der Waals surface area contributed by atoms with Crippen molar-refractivity contribution in [1.82, 2.24) is 9.97 Å². The van der Waals surface area contributed by atoms with E-state index in [1.807, 2.05) is 6.92 Å². The molecule has 0 atom stereocenters. The van der Waals surface area contributed by atoms with Crippen LogP contribution in [-0.4, -0.2) is 24.1 Å². The summed E-state index contributed by atoms with van der Waals surface area (Å²) in [7, 11) is 3.30. The van der Waals surface area contributed by atoms with Gasteiger partial charge in [0.15, 0.2) is 5.82 Å². The van der Waals surface area contributed by atoms with Crippen LogP contribution in [0.1, 0.15) is 5.82 Å². The van der Waals surface area contributed by atoms with Crippen molar-refractivity contribution in [2.45, 2.75) is 6.92 Å². The minimum Gasteiger partial charge on any atom is -0.382 e. The van der Waals surface area contributed by atoms with E-state index in [2.05, 4.69) is 9.97 Å². The number of nitrogens with one attached hydrogen (secondary N) is 1. The summed E-state index contributed by atoms with van der Waals surface area (Å²) in [5, 5.41) is 1.50. The lowest BCUT2D eigenvalue weighted by Crippen LogP contribution is -2.16. The van der Waals surface area contributed by atoms with Crippen molar-refractivity contribution < 1.29 is 4.84 Å². The monoisotopic (exact) mass is 156 g/mol. The van der Waals surface area contributed by atoms with Gasteiger partial charge in [-0.1, -0.05) is 0 Å². The quantitative estimate of drug-likeness (QED) is 0.604. The van der Waals surface area contributed by atoms with Crippen LogP contribution in [0.2, 0.25) is 0 Å². The maximum absolute atomic E-state index is 5.58. The highest BCUT2D eigenvalue weighted by atomic mass is 16.7. The van der Waals surface area contributed by atoms with Crippen LogP contribution in [0.15, 0.2) is 0 Å². The Balaban J connectivity index is 2.93. The maximum atomic E-state index is 5.58. The van der Waals surface area contributed by atoms with Gasteiger partial charge in [0.05, 0.1) is 7.11 Å². The van der Waals surface area contributed by atoms with Gasteiger partial charge in [-0.25, -0.2) is 10.0 Å². The molecule has 0 spiro atoms. The summed E-state index contributed by atoms with van der Waals surface area (Å²) in [5.41, 5.74) is 5.58. The molecule has 0 aliphatic rings. The second-order valence-electron chi connectivity index (χ2n) is 2.24. The number of hydrogen-bond acceptors (Lipinski definition) is 4. The van der Waals surface area contributed by atoms with E-state index in [1.165, 1.54) is 5.06 Å². The van der Waals surface area contributed by atoms with Gasteiger partial charge in [-0.05, 0) is 6.92 Å². The number of anilines is 2. The van der Waals surface area contributed by atoms with E-state index in [0.29, 0.717) is 11.6 Å². The zero-order valence-electron chi connectivity index (χ0n) is 6.88. The van der Waals surface area contributed by atoms with Crippen LogP contribution >= 0.6 is 0 Å². The normalized spacial score (nSPS) is 10.1. The highest BCUT2D eigenvalue weighted by Crippen LogP contribution is 2.17. The van der Waals surface area contributed by atoms with Crippen molar-refractivity contribution in [3.8, 4) is 0 Å². The molecule has 0 unspecified atom stereocenters. The largest absolute Gasteiger partial charge is 0.382 e. The first-order valence-electron chi connectivity index (χ1n) is 3.25. The highest BCUT2D eigenvalue weighted by Gasteiger charge is 2.08. The second-order valence-corrected chi connectivity index (χ2v) is 2.24. The molecule has 5 heteroatoms. The van der Waals surface area contributed by atoms with Crippen LogP contribution in [0.25, 0.3) is 0 Å². The molecule has 0 saturated heterocycles. The molecule has 0 amide bonds. The first kappa shape index (κ1) is 7.87. The van der Waals surface area contributed by atoms with Crippen LogP contribution < -0.4 is 10.8 Å². The predicted octanol–water partition coefficient (Wildman–Crippen LogP) is 0.298. The van der Waals surface area contributed by atoms with E-state index in [9.17, 15) is 0 Å². The lowest BCUT2D eigenvalue weighted by Gasteiger charge is -2.12. The Morgan fingerprint density at radius 2 is 2.27 bits per heavy atom. The third-order valence-electron chi connectivity index (χ3n) is 1.40. The molecule has 3 N–H and O–H groups in total. The molecule has 0 saturated carbocycles. The van der Waals surface area contributed by atoms with Gasteiger partial charge in [0.2, 0.25) is 0 Å². The van der Waals surface area contributed by atoms with E-state index in [-0.39, 0.29) is 0 Å². The lowest BCUT2D eigenvalue weighted by molar-refractivity contribution is 0.183. The SMILES string of the molecule is CON(C)c1nc(C)[nH]c1N. The number of aromatic amines is 1. The molecule has 1 heterocycles. The Hall–Kier alpha value is -1.23. The Morgan fingerprint density at radius 1 is 1.64 bits per heavy atom. The molecule has 0 aromatic carbocycles. The molecule has 0 bridgehead atoms. The topological polar surface area (TPSA) is 67.2 Å². The Kier molecular flexibility index (Phi) is 2.00. The van der Waals surface area contributed by atoms with Crippen molar-refractivity contribution in [1.29, 1.82) is 0 Å². The maximum Gasteiger partial charge on any atom is 0.195 e. The molecule has 0 fully saturated rings. The number of hydrogen-bond donors (Lipinski definition) is 2. The van der Waals surface area contributed by atoms with Gasteiger partial charge >= 0.3 is 0 Å². The van der Waals surface area contributed by atoms with Crippen LogP contribution in [0.4, 0.5) is 11.6 Å². The number of nitrogens with zero attached hydrogens (tertiary/aromatic N) is 2. The number of imidazole rings is 1. The fraction of sp³-hybridized carbons (Fsp3) is 0.500. The number of rotatable bonds is 2. The summed E-state index contributed by atoms with van der Waals surface area (Å²) in [6.45, 7) is 1.84. The number of hydroxylamine groups is 1. The van der Waals surface area contributed by atoms with Crippen molar-refractivity contribution in [3.05, 3.63) is 5.82 Å². The summed E-state index contributed by atoms with van der Waals surface area (Å²) in [6, 6.07) is 0. The third-order valence-corrected chi connectivity index (χ3v) is 1.40. The number of aryl methyl sites for hydroxylation is 1. The summed E-state index contributed by atoms with van der Waals surface area (Å²) >= 11 is 0. The minimum atomic E-state index is 0.520. The highest BCUT2D eigenvalue weighted by molar-refractivity contribution is 5.56. The minimum absolute atomic E-state index is 0.520.